The second-order valence-corrected chi connectivity index (χ2v) is 9.13. The van der Waals surface area contributed by atoms with Crippen LogP contribution < -0.4 is 20.9 Å². The number of ether oxygens (including phenoxy) is 2. The fourth-order valence-electron chi connectivity index (χ4n) is 2.92. The Morgan fingerprint density at radius 1 is 0.974 bits per heavy atom. The molecule has 19 heteroatoms. The summed E-state index contributed by atoms with van der Waals surface area (Å²) in [4.78, 5) is 30.0. The first-order chi connectivity index (χ1) is 17.1. The Balaban J connectivity index is 0.000000804. The van der Waals surface area contributed by atoms with Crippen LogP contribution in [0.5, 0.6) is 5.75 Å². The predicted octanol–water partition coefficient (Wildman–Crippen LogP) is 0.990. The lowest BCUT2D eigenvalue weighted by Gasteiger charge is -2.42. The van der Waals surface area contributed by atoms with Crippen LogP contribution in [0.25, 0.3) is 0 Å². The van der Waals surface area contributed by atoms with Crippen LogP contribution in [0.3, 0.4) is 0 Å². The molecule has 1 saturated carbocycles. The highest BCUT2D eigenvalue weighted by atomic mass is 32.2. The minimum Gasteiger partial charge on any atom is -0.497 e. The van der Waals surface area contributed by atoms with Gasteiger partial charge in [0.05, 0.1) is 25.2 Å². The molecule has 0 saturated heterocycles. The maximum absolute atomic E-state index is 12.6. The third-order valence-electron chi connectivity index (χ3n) is 4.89. The van der Waals surface area contributed by atoms with Gasteiger partial charge in [0.25, 0.3) is 0 Å². The van der Waals surface area contributed by atoms with Crippen LogP contribution in [-0.4, -0.2) is 80.7 Å². The number of carbonyl (C=O) groups excluding carboxylic acids is 1. The van der Waals surface area contributed by atoms with Gasteiger partial charge in [-0.05, 0) is 37.1 Å². The molecule has 3 atom stereocenters. The third-order valence-corrected chi connectivity index (χ3v) is 6.38. The van der Waals surface area contributed by atoms with E-state index < -0.39 is 57.9 Å². The Morgan fingerprint density at radius 2 is 1.39 bits per heavy atom. The van der Waals surface area contributed by atoms with Gasteiger partial charge in [0.15, 0.2) is 0 Å². The highest BCUT2D eigenvalue weighted by Gasteiger charge is 2.51. The summed E-state index contributed by atoms with van der Waals surface area (Å²) in [5, 5.41) is 14.2. The molecule has 0 aliphatic heterocycles. The molecule has 1 fully saturated rings. The number of hydrogen-bond acceptors (Lipinski definition) is 9. The van der Waals surface area contributed by atoms with E-state index in [4.69, 9.17) is 40.7 Å². The van der Waals surface area contributed by atoms with Gasteiger partial charge in [-0.15, -0.1) is 0 Å². The van der Waals surface area contributed by atoms with Gasteiger partial charge in [-0.2, -0.15) is 26.3 Å². The standard InChI is InChI=1S/C15H23N3O5S.2C2HF3O2/c1-22-10-6-8-11(9-7-10)24(20,21)18-13-5-3-4-12(16)15(13,17)14(19)23-2;2*3-2(4,5)1(6)7/h6-9,12-13,18H,3-5,16-17H2,1-2H3;2*(H,6,7)/t12-,13+,15+;;/m0../s1. The van der Waals surface area contributed by atoms with Crippen molar-refractivity contribution in [2.45, 2.75) is 54.1 Å². The average Bonchev–Trinajstić information content (AvgIpc) is 2.81. The zero-order valence-electron chi connectivity index (χ0n) is 19.7. The number of halogens is 6. The number of carbonyl (C=O) groups is 3. The summed E-state index contributed by atoms with van der Waals surface area (Å²) in [5.74, 6) is -5.70. The summed E-state index contributed by atoms with van der Waals surface area (Å²) >= 11 is 0. The van der Waals surface area contributed by atoms with Crippen LogP contribution in [-0.2, 0) is 29.1 Å². The lowest BCUT2D eigenvalue weighted by Crippen LogP contribution is -2.73. The minimum absolute atomic E-state index is 0.0506. The zero-order valence-corrected chi connectivity index (χ0v) is 20.5. The first-order valence-electron chi connectivity index (χ1n) is 10.0. The molecule has 0 unspecified atom stereocenters. The van der Waals surface area contributed by atoms with Crippen molar-refractivity contribution in [1.82, 2.24) is 4.72 Å². The maximum Gasteiger partial charge on any atom is 0.490 e. The number of methoxy groups -OCH3 is 2. The topological polar surface area (TPSA) is 208 Å². The Hall–Kier alpha value is -3.16. The summed E-state index contributed by atoms with van der Waals surface area (Å²) in [6.07, 6.45) is -8.59. The van der Waals surface area contributed by atoms with Gasteiger partial charge in [-0.25, -0.2) is 27.5 Å². The number of alkyl halides is 6. The Morgan fingerprint density at radius 3 is 1.74 bits per heavy atom. The van der Waals surface area contributed by atoms with Crippen molar-refractivity contribution in [3.05, 3.63) is 24.3 Å². The van der Waals surface area contributed by atoms with Crippen molar-refractivity contribution >= 4 is 27.9 Å². The molecular formula is C19H25F6N3O9S. The van der Waals surface area contributed by atoms with Gasteiger partial charge < -0.3 is 31.2 Å². The van der Waals surface area contributed by atoms with Gasteiger partial charge in [0.1, 0.15) is 11.3 Å². The second-order valence-electron chi connectivity index (χ2n) is 7.42. The van der Waals surface area contributed by atoms with Crippen LogP contribution >= 0.6 is 0 Å². The normalized spacial score (nSPS) is 21.5. The molecule has 0 bridgehead atoms. The number of carboxylic acids is 2. The molecular weight excluding hydrogens is 560 g/mol. The summed E-state index contributed by atoms with van der Waals surface area (Å²) in [7, 11) is -1.18. The van der Waals surface area contributed by atoms with E-state index in [1.165, 1.54) is 38.5 Å². The van der Waals surface area contributed by atoms with E-state index in [1.54, 1.807) is 0 Å². The number of esters is 1. The van der Waals surface area contributed by atoms with Crippen LogP contribution in [0, 0.1) is 0 Å². The first-order valence-corrected chi connectivity index (χ1v) is 11.5. The second kappa shape index (κ2) is 13.6. The van der Waals surface area contributed by atoms with Gasteiger partial charge in [-0.1, -0.05) is 6.42 Å². The minimum atomic E-state index is -5.08. The number of hydrogen-bond donors (Lipinski definition) is 5. The molecule has 0 spiro atoms. The van der Waals surface area contributed by atoms with E-state index in [-0.39, 0.29) is 4.90 Å². The average molecular weight is 585 g/mol. The third kappa shape index (κ3) is 9.95. The van der Waals surface area contributed by atoms with E-state index in [0.717, 1.165) is 0 Å². The van der Waals surface area contributed by atoms with Crippen molar-refractivity contribution in [2.24, 2.45) is 11.5 Å². The van der Waals surface area contributed by atoms with Crippen molar-refractivity contribution < 1.29 is 68.8 Å². The Labute approximate surface area is 211 Å². The lowest BCUT2D eigenvalue weighted by atomic mass is 9.75. The number of rotatable bonds is 5. The van der Waals surface area contributed by atoms with Gasteiger partial charge >= 0.3 is 30.3 Å². The summed E-state index contributed by atoms with van der Waals surface area (Å²) in [6.45, 7) is 0. The molecule has 7 N–H and O–H groups in total. The fraction of sp³-hybridized carbons (Fsp3) is 0.526. The quantitative estimate of drug-likeness (QED) is 0.243. The number of nitrogens with two attached hydrogens (primary N) is 2. The number of aliphatic carboxylic acids is 2. The highest BCUT2D eigenvalue weighted by Crippen LogP contribution is 2.28. The van der Waals surface area contributed by atoms with Crippen molar-refractivity contribution in [2.75, 3.05) is 14.2 Å². The summed E-state index contributed by atoms with van der Waals surface area (Å²) in [6, 6.07) is 4.37. The van der Waals surface area contributed by atoms with Gasteiger partial charge in [0, 0.05) is 6.04 Å². The molecule has 0 radical (unpaired) electrons. The van der Waals surface area contributed by atoms with Gasteiger partial charge in [-0.3, -0.25) is 0 Å². The van der Waals surface area contributed by atoms with Crippen molar-refractivity contribution in [3.63, 3.8) is 0 Å². The zero-order chi connectivity index (χ0) is 30.1. The van der Waals surface area contributed by atoms with Crippen LogP contribution in [0.4, 0.5) is 26.3 Å². The van der Waals surface area contributed by atoms with Crippen LogP contribution in [0.2, 0.25) is 0 Å². The van der Waals surface area contributed by atoms with Crippen molar-refractivity contribution in [3.8, 4) is 5.75 Å². The van der Waals surface area contributed by atoms with E-state index in [0.29, 0.717) is 25.0 Å². The van der Waals surface area contributed by atoms with Crippen LogP contribution in [0.1, 0.15) is 19.3 Å². The summed E-state index contributed by atoms with van der Waals surface area (Å²) < 4.78 is 101. The monoisotopic (exact) mass is 585 g/mol. The molecule has 1 aliphatic rings. The highest BCUT2D eigenvalue weighted by molar-refractivity contribution is 7.89. The molecule has 0 aromatic heterocycles. The smallest absolute Gasteiger partial charge is 0.490 e. The molecule has 0 amide bonds. The molecule has 2 rings (SSSR count). The molecule has 1 aliphatic carbocycles. The molecule has 0 heterocycles. The van der Waals surface area contributed by atoms with Crippen LogP contribution in [0.15, 0.2) is 29.2 Å². The largest absolute Gasteiger partial charge is 0.497 e. The predicted molar refractivity (Wildman–Crippen MR) is 115 cm³/mol. The molecule has 1 aromatic carbocycles. The lowest BCUT2D eigenvalue weighted by molar-refractivity contribution is -0.193. The Kier molecular flexibility index (Phi) is 12.5. The molecule has 12 nitrogen and oxygen atoms in total. The number of carboxylic acid groups (broad SMARTS) is 2. The maximum atomic E-state index is 12.6. The number of sulfonamides is 1. The molecule has 1 aromatic rings. The van der Waals surface area contributed by atoms with E-state index >= 15 is 0 Å². The SMILES string of the molecule is COC(=O)[C@@]1(N)[C@@H](N)CCC[C@H]1NS(=O)(=O)c1ccc(OC)cc1.O=C(O)C(F)(F)F.O=C(O)C(F)(F)F. The van der Waals surface area contributed by atoms with E-state index in [2.05, 4.69) is 4.72 Å². The molecule has 38 heavy (non-hydrogen) atoms. The van der Waals surface area contributed by atoms with Crippen molar-refractivity contribution in [1.29, 1.82) is 0 Å². The molecule has 218 valence electrons. The number of nitrogens with one attached hydrogen (secondary N) is 1. The number of benzene rings is 1. The fourth-order valence-corrected chi connectivity index (χ4v) is 4.23. The summed E-state index contributed by atoms with van der Waals surface area (Å²) in [5.41, 5.74) is 10.6. The first kappa shape index (κ1) is 34.8. The van der Waals surface area contributed by atoms with Gasteiger partial charge in [0.2, 0.25) is 10.0 Å². The van der Waals surface area contributed by atoms with E-state index in [1.807, 2.05) is 0 Å². The van der Waals surface area contributed by atoms with E-state index in [9.17, 15) is 39.6 Å². The Bertz CT molecular complexity index is 1040.